The van der Waals surface area contributed by atoms with E-state index in [0.717, 1.165) is 52.9 Å². The van der Waals surface area contributed by atoms with Crippen molar-refractivity contribution < 1.29 is 64.2 Å². The van der Waals surface area contributed by atoms with Crippen molar-refractivity contribution in [1.82, 2.24) is 36.5 Å². The number of aliphatic hydroxyl groups is 1. The predicted octanol–water partition coefficient (Wildman–Crippen LogP) is 1.53. The van der Waals surface area contributed by atoms with Crippen molar-refractivity contribution in [2.24, 2.45) is 0 Å². The lowest BCUT2D eigenvalue weighted by Crippen LogP contribution is -2.58. The van der Waals surface area contributed by atoms with Crippen molar-refractivity contribution in [2.45, 2.75) is 155 Å². The van der Waals surface area contributed by atoms with E-state index in [2.05, 4.69) is 40.3 Å². The maximum Gasteiger partial charge on any atom is 0.326 e. The van der Waals surface area contributed by atoms with E-state index in [1.165, 1.54) is 19.3 Å². The SMILES string of the molecule is CCCCCC/C=C\CCCCCC(=O)NC(CCCN(O)C(C)=O)C(=O)NC(CCCN(O)C(C)=O)C(=O)NC(CO)C(=O)NC(CCCN(O)C(C)=O)C(=O)O. The lowest BCUT2D eigenvalue weighted by molar-refractivity contribution is -0.163. The van der Waals surface area contributed by atoms with Gasteiger partial charge >= 0.3 is 5.97 Å². The summed E-state index contributed by atoms with van der Waals surface area (Å²) in [6.45, 7) is 3.87. The first kappa shape index (κ1) is 53.3. The van der Waals surface area contributed by atoms with Gasteiger partial charge in [0, 0.05) is 46.8 Å². The number of allylic oxidation sites excluding steroid dienone is 2. The Hall–Kier alpha value is -4.66. The topological polar surface area (TPSA) is 296 Å². The third-order valence-corrected chi connectivity index (χ3v) is 9.06. The van der Waals surface area contributed by atoms with Crippen LogP contribution in [0.3, 0.4) is 0 Å². The van der Waals surface area contributed by atoms with Crippen molar-refractivity contribution in [3.05, 3.63) is 12.2 Å². The number of hydrogen-bond acceptors (Lipinski definition) is 12. The van der Waals surface area contributed by atoms with Gasteiger partial charge in [0.15, 0.2) is 0 Å². The summed E-state index contributed by atoms with van der Waals surface area (Å²) >= 11 is 0. The second-order valence-electron chi connectivity index (χ2n) is 14.1. The summed E-state index contributed by atoms with van der Waals surface area (Å²) in [6.07, 6.45) is 12.8. The van der Waals surface area contributed by atoms with Gasteiger partial charge in [0.25, 0.3) is 0 Å². The molecular formula is C38H67N7O13. The van der Waals surface area contributed by atoms with Crippen LogP contribution in [0.1, 0.15) is 130 Å². The van der Waals surface area contributed by atoms with Crippen molar-refractivity contribution in [1.29, 1.82) is 0 Å². The van der Waals surface area contributed by atoms with Gasteiger partial charge in [-0.25, -0.2) is 20.0 Å². The molecule has 0 aromatic rings. The Kier molecular flexibility index (Phi) is 28.8. The van der Waals surface area contributed by atoms with E-state index in [1.54, 1.807) is 0 Å². The van der Waals surface area contributed by atoms with Gasteiger partial charge < -0.3 is 31.5 Å². The number of nitrogens with one attached hydrogen (secondary N) is 4. The quantitative estimate of drug-likeness (QED) is 0.0202. The summed E-state index contributed by atoms with van der Waals surface area (Å²) < 4.78 is 0. The van der Waals surface area contributed by atoms with Crippen LogP contribution in [0, 0.1) is 0 Å². The van der Waals surface area contributed by atoms with Crippen LogP contribution in [-0.4, -0.2) is 139 Å². The molecule has 0 bridgehead atoms. The lowest BCUT2D eigenvalue weighted by Gasteiger charge is -2.26. The second-order valence-corrected chi connectivity index (χ2v) is 14.1. The van der Waals surface area contributed by atoms with Crippen molar-refractivity contribution in [2.75, 3.05) is 26.2 Å². The molecule has 0 aliphatic rings. The van der Waals surface area contributed by atoms with E-state index in [9.17, 15) is 64.2 Å². The molecule has 9 N–H and O–H groups in total. The highest BCUT2D eigenvalue weighted by molar-refractivity contribution is 5.95. The second kappa shape index (κ2) is 31.3. The number of hydrogen-bond donors (Lipinski definition) is 9. The molecule has 0 saturated carbocycles. The highest BCUT2D eigenvalue weighted by atomic mass is 16.5. The fraction of sp³-hybridized carbons (Fsp3) is 0.737. The van der Waals surface area contributed by atoms with Gasteiger partial charge in [-0.2, -0.15) is 0 Å². The first-order valence-corrected chi connectivity index (χ1v) is 20.0. The molecule has 332 valence electrons. The molecule has 0 fully saturated rings. The highest BCUT2D eigenvalue weighted by Crippen LogP contribution is 2.10. The molecule has 20 heteroatoms. The number of carboxylic acid groups (broad SMARTS) is 1. The summed E-state index contributed by atoms with van der Waals surface area (Å²) in [4.78, 5) is 99.2. The molecule has 58 heavy (non-hydrogen) atoms. The Balaban J connectivity index is 5.81. The molecule has 0 rings (SSSR count). The lowest BCUT2D eigenvalue weighted by atomic mass is 10.1. The molecule has 0 aromatic carbocycles. The molecule has 20 nitrogen and oxygen atoms in total. The summed E-state index contributed by atoms with van der Waals surface area (Å²) in [7, 11) is 0. The van der Waals surface area contributed by atoms with Crippen molar-refractivity contribution in [3.8, 4) is 0 Å². The van der Waals surface area contributed by atoms with Gasteiger partial charge in [-0.1, -0.05) is 44.8 Å². The van der Waals surface area contributed by atoms with Gasteiger partial charge in [-0.05, 0) is 70.6 Å². The number of carbonyl (C=O) groups excluding carboxylic acids is 7. The Morgan fingerprint density at radius 1 is 0.517 bits per heavy atom. The van der Waals surface area contributed by atoms with Crippen molar-refractivity contribution >= 4 is 47.3 Å². The first-order chi connectivity index (χ1) is 27.4. The van der Waals surface area contributed by atoms with Crippen LogP contribution in [0.5, 0.6) is 0 Å². The molecule has 7 amide bonds. The van der Waals surface area contributed by atoms with E-state index < -0.39 is 78.1 Å². The third-order valence-electron chi connectivity index (χ3n) is 9.06. The van der Waals surface area contributed by atoms with Crippen LogP contribution in [0.4, 0.5) is 0 Å². The number of rotatable bonds is 32. The Bertz CT molecular complexity index is 1330. The normalized spacial score (nSPS) is 13.1. The van der Waals surface area contributed by atoms with Crippen LogP contribution in [-0.2, 0) is 38.4 Å². The van der Waals surface area contributed by atoms with E-state index in [1.807, 2.05) is 0 Å². The summed E-state index contributed by atoms with van der Waals surface area (Å²) in [5, 5.41) is 59.6. The van der Waals surface area contributed by atoms with Crippen molar-refractivity contribution in [3.63, 3.8) is 0 Å². The number of carboxylic acids is 1. The van der Waals surface area contributed by atoms with E-state index in [4.69, 9.17) is 0 Å². The minimum Gasteiger partial charge on any atom is -0.480 e. The van der Waals surface area contributed by atoms with Gasteiger partial charge in [-0.15, -0.1) is 0 Å². The minimum absolute atomic E-state index is 0.0284. The zero-order valence-corrected chi connectivity index (χ0v) is 34.4. The Labute approximate surface area is 340 Å². The molecule has 0 radical (unpaired) electrons. The third kappa shape index (κ3) is 24.9. The zero-order chi connectivity index (χ0) is 44.0. The smallest absolute Gasteiger partial charge is 0.326 e. The number of unbranched alkanes of at least 4 members (excludes halogenated alkanes) is 7. The number of aliphatic carboxylic acids is 1. The van der Waals surface area contributed by atoms with E-state index in [-0.39, 0.29) is 64.6 Å². The number of carbonyl (C=O) groups is 8. The van der Waals surface area contributed by atoms with Gasteiger partial charge in [0.2, 0.25) is 41.4 Å². The summed E-state index contributed by atoms with van der Waals surface area (Å²) in [6, 6.07) is -5.93. The molecular weight excluding hydrogens is 762 g/mol. The maximum absolute atomic E-state index is 13.7. The fourth-order valence-electron chi connectivity index (χ4n) is 5.53. The first-order valence-electron chi connectivity index (χ1n) is 20.0. The predicted molar refractivity (Wildman–Crippen MR) is 209 cm³/mol. The number of amides is 7. The van der Waals surface area contributed by atoms with Gasteiger partial charge in [0.1, 0.15) is 24.2 Å². The molecule has 0 aliphatic carbocycles. The van der Waals surface area contributed by atoms with Crippen LogP contribution in [0.2, 0.25) is 0 Å². The monoisotopic (exact) mass is 829 g/mol. The Morgan fingerprint density at radius 2 is 0.897 bits per heavy atom. The summed E-state index contributed by atoms with van der Waals surface area (Å²) in [5.74, 6) is -6.85. The maximum atomic E-state index is 13.7. The summed E-state index contributed by atoms with van der Waals surface area (Å²) in [5.41, 5.74) is 0. The van der Waals surface area contributed by atoms with Crippen LogP contribution in [0.15, 0.2) is 12.2 Å². The largest absolute Gasteiger partial charge is 0.480 e. The van der Waals surface area contributed by atoms with E-state index >= 15 is 0 Å². The molecule has 0 aromatic heterocycles. The average Bonchev–Trinajstić information content (AvgIpc) is 3.16. The number of hydroxylamine groups is 6. The van der Waals surface area contributed by atoms with Gasteiger partial charge in [-0.3, -0.25) is 49.2 Å². The number of nitrogens with zero attached hydrogens (tertiary/aromatic N) is 3. The van der Waals surface area contributed by atoms with Crippen LogP contribution in [0.25, 0.3) is 0 Å². The molecule has 4 unspecified atom stereocenters. The van der Waals surface area contributed by atoms with E-state index in [0.29, 0.717) is 21.6 Å². The fourth-order valence-corrected chi connectivity index (χ4v) is 5.53. The minimum atomic E-state index is -1.70. The molecule has 4 atom stereocenters. The van der Waals surface area contributed by atoms with Crippen LogP contribution >= 0.6 is 0 Å². The number of aliphatic hydroxyl groups excluding tert-OH is 1. The van der Waals surface area contributed by atoms with Crippen LogP contribution < -0.4 is 21.3 Å². The standard InChI is InChI=1S/C38H67N7O13/c1-5-6-7-8-9-10-11-12-13-14-15-22-34(50)39-30(19-16-23-43(56)27(2)47)35(51)40-31(20-17-24-44(57)28(3)48)36(52)42-33(26-46)37(53)41-32(38(54)55)21-18-25-45(58)29(4)49/h10-11,30-33,46,56-58H,5-9,12-26H2,1-4H3,(H,39,50)(H,40,51)(H,41,53)(H,42,52)(H,54,55)/b11-10-. The van der Waals surface area contributed by atoms with Gasteiger partial charge in [0.05, 0.1) is 6.61 Å². The molecule has 0 saturated heterocycles. The molecule has 0 spiro atoms. The Morgan fingerprint density at radius 3 is 1.31 bits per heavy atom. The molecule has 0 heterocycles. The molecule has 0 aliphatic heterocycles. The average molecular weight is 830 g/mol. The highest BCUT2D eigenvalue weighted by Gasteiger charge is 2.31. The zero-order valence-electron chi connectivity index (χ0n) is 34.4.